The first kappa shape index (κ1) is 25.0. The number of anilines is 1. The summed E-state index contributed by atoms with van der Waals surface area (Å²) in [6, 6.07) is 3.48. The molecule has 3 heterocycles. The van der Waals surface area contributed by atoms with Gasteiger partial charge in [0.05, 0.1) is 59.1 Å². The smallest absolute Gasteiger partial charge is 0.417 e. The number of benzene rings is 1. The van der Waals surface area contributed by atoms with E-state index in [2.05, 4.69) is 5.32 Å². The molecular weight excluding hydrogens is 467 g/mol. The number of hydrogen-bond donors (Lipinski definition) is 1. The quantitative estimate of drug-likeness (QED) is 0.513. The summed E-state index contributed by atoms with van der Waals surface area (Å²) in [4.78, 5) is 40.1. The van der Waals surface area contributed by atoms with E-state index < -0.39 is 70.1 Å². The molecule has 0 saturated carbocycles. The number of amides is 2. The first-order valence-electron chi connectivity index (χ1n) is 9.81. The number of nitrogens with zero attached hydrogens (tertiary/aromatic N) is 2. The van der Waals surface area contributed by atoms with Gasteiger partial charge < -0.3 is 14.8 Å². The van der Waals surface area contributed by atoms with Crippen LogP contribution in [0.4, 0.5) is 18.9 Å². The van der Waals surface area contributed by atoms with Crippen molar-refractivity contribution in [2.45, 2.75) is 37.3 Å². The number of hydrogen-bond acceptors (Lipinski definition) is 7. The van der Waals surface area contributed by atoms with Crippen molar-refractivity contribution in [2.75, 3.05) is 19.1 Å². The van der Waals surface area contributed by atoms with Gasteiger partial charge in [0, 0.05) is 0 Å². The van der Waals surface area contributed by atoms with Crippen molar-refractivity contribution in [1.82, 2.24) is 5.32 Å². The molecule has 1 aromatic carbocycles. The van der Waals surface area contributed by atoms with E-state index >= 15 is 0 Å². The number of methoxy groups -OCH3 is 1. The fraction of sp³-hybridized carbons (Fsp3) is 0.524. The van der Waals surface area contributed by atoms with Crippen molar-refractivity contribution in [3.8, 4) is 6.07 Å². The van der Waals surface area contributed by atoms with Gasteiger partial charge in [0.1, 0.15) is 5.92 Å². The first-order valence-corrected chi connectivity index (χ1v) is 9.81. The number of carbonyl (C=O) groups excluding carboxylic acids is 3. The maximum absolute atomic E-state index is 13.4. The molecule has 12 heteroatoms. The van der Waals surface area contributed by atoms with Crippen molar-refractivity contribution in [3.63, 3.8) is 0 Å². The largest absolute Gasteiger partial charge is 0.469 e. The van der Waals surface area contributed by atoms with Crippen molar-refractivity contribution >= 4 is 35.9 Å². The highest BCUT2D eigenvalue weighted by molar-refractivity contribution is 6.23. The highest BCUT2D eigenvalue weighted by atomic mass is 35.5. The van der Waals surface area contributed by atoms with Crippen LogP contribution in [0.25, 0.3) is 0 Å². The Morgan fingerprint density at radius 1 is 1.21 bits per heavy atom. The Morgan fingerprint density at radius 2 is 1.79 bits per heavy atom. The Labute approximate surface area is 193 Å². The lowest BCUT2D eigenvalue weighted by Gasteiger charge is -2.39. The second-order valence-corrected chi connectivity index (χ2v) is 8.54. The number of imide groups is 1. The zero-order chi connectivity index (χ0) is 23.8. The number of halogens is 4. The number of rotatable bonds is 3. The summed E-state index contributed by atoms with van der Waals surface area (Å²) in [5.74, 6) is -5.10. The minimum atomic E-state index is -4.85. The number of fused-ring (bicyclic) bond motifs is 5. The van der Waals surface area contributed by atoms with Crippen LogP contribution in [-0.4, -0.2) is 49.2 Å². The Hall–Kier alpha value is -2.68. The Bertz CT molecular complexity index is 1090. The van der Waals surface area contributed by atoms with Crippen molar-refractivity contribution < 1.29 is 37.0 Å². The fourth-order valence-electron chi connectivity index (χ4n) is 5.81. The van der Waals surface area contributed by atoms with E-state index in [0.29, 0.717) is 11.0 Å². The molecule has 1 aromatic rings. The summed E-state index contributed by atoms with van der Waals surface area (Å²) >= 11 is 0. The van der Waals surface area contributed by atoms with Gasteiger partial charge in [-0.25, -0.2) is 4.90 Å². The van der Waals surface area contributed by atoms with Gasteiger partial charge in [-0.2, -0.15) is 18.4 Å². The molecule has 8 nitrogen and oxygen atoms in total. The third-order valence-corrected chi connectivity index (χ3v) is 7.00. The fourth-order valence-corrected chi connectivity index (χ4v) is 5.81. The van der Waals surface area contributed by atoms with E-state index in [1.165, 1.54) is 13.2 Å². The van der Waals surface area contributed by atoms with Crippen LogP contribution < -0.4 is 10.2 Å². The van der Waals surface area contributed by atoms with Crippen LogP contribution in [0.1, 0.15) is 25.0 Å². The van der Waals surface area contributed by atoms with Gasteiger partial charge in [-0.1, -0.05) is 0 Å². The molecule has 33 heavy (non-hydrogen) atoms. The molecule has 178 valence electrons. The molecular formula is C21H21ClF3N3O5. The second-order valence-electron chi connectivity index (χ2n) is 8.54. The van der Waals surface area contributed by atoms with E-state index in [9.17, 15) is 27.6 Å². The van der Waals surface area contributed by atoms with Crippen molar-refractivity contribution in [3.05, 3.63) is 29.3 Å². The zero-order valence-corrected chi connectivity index (χ0v) is 18.8. The van der Waals surface area contributed by atoms with Crippen LogP contribution in [-0.2, 0) is 30.0 Å². The Morgan fingerprint density at radius 3 is 2.27 bits per heavy atom. The molecule has 3 saturated heterocycles. The van der Waals surface area contributed by atoms with Gasteiger partial charge >= 0.3 is 12.1 Å². The average molecular weight is 488 g/mol. The molecule has 2 bridgehead atoms. The molecule has 2 unspecified atom stereocenters. The number of likely N-dealkylation sites (N-methyl/N-ethyl adjacent to an activating group) is 1. The van der Waals surface area contributed by atoms with E-state index in [1.807, 2.05) is 0 Å². The molecule has 0 spiro atoms. The standard InChI is InChI=1S/C21H20F3N3O5.ClH/c1-19-12-13(20(2,32-19)15(26-3)14(19)18(30)31-4)17(29)27(16(12)28)10-6-5-9(8-25)11(7-10)21(22,23)24;/h5-7,12-15,26H,1-4H3;1H/t12-,13+,14-,15+,19?,20?;/m0./s1. The second kappa shape index (κ2) is 7.68. The molecule has 1 N–H and O–H groups in total. The normalized spacial score (nSPS) is 34.7. The van der Waals surface area contributed by atoms with Crippen LogP contribution in [0.3, 0.4) is 0 Å². The van der Waals surface area contributed by atoms with Crippen molar-refractivity contribution in [1.29, 1.82) is 5.26 Å². The predicted molar refractivity (Wildman–Crippen MR) is 109 cm³/mol. The van der Waals surface area contributed by atoms with E-state index in [0.717, 1.165) is 12.1 Å². The topological polar surface area (TPSA) is 109 Å². The predicted octanol–water partition coefficient (Wildman–Crippen LogP) is 2.04. The van der Waals surface area contributed by atoms with E-state index in [-0.39, 0.29) is 18.1 Å². The molecule has 6 atom stereocenters. The Kier molecular flexibility index (Phi) is 5.81. The summed E-state index contributed by atoms with van der Waals surface area (Å²) in [7, 11) is 2.79. The number of ether oxygens (including phenoxy) is 2. The van der Waals surface area contributed by atoms with Crippen molar-refractivity contribution in [2.24, 2.45) is 17.8 Å². The van der Waals surface area contributed by atoms with Gasteiger partial charge in [0.25, 0.3) is 0 Å². The molecule has 0 radical (unpaired) electrons. The van der Waals surface area contributed by atoms with Crippen LogP contribution in [0, 0.1) is 29.1 Å². The lowest BCUT2D eigenvalue weighted by Crippen LogP contribution is -2.61. The molecule has 3 fully saturated rings. The summed E-state index contributed by atoms with van der Waals surface area (Å²) in [5.41, 5.74) is -4.83. The summed E-state index contributed by atoms with van der Waals surface area (Å²) < 4.78 is 51.4. The van der Waals surface area contributed by atoms with Gasteiger partial charge in [-0.05, 0) is 39.1 Å². The van der Waals surface area contributed by atoms with Crippen LogP contribution >= 0.6 is 12.4 Å². The zero-order valence-electron chi connectivity index (χ0n) is 18.0. The minimum absolute atomic E-state index is 0. The summed E-state index contributed by atoms with van der Waals surface area (Å²) in [5, 5.41) is 12.0. The lowest BCUT2D eigenvalue weighted by atomic mass is 9.61. The minimum Gasteiger partial charge on any atom is -0.469 e. The molecule has 0 aliphatic carbocycles. The average Bonchev–Trinajstić information content (AvgIpc) is 3.24. The third kappa shape index (κ3) is 3.08. The Balaban J connectivity index is 0.00000306. The highest BCUT2D eigenvalue weighted by Gasteiger charge is 2.80. The van der Waals surface area contributed by atoms with E-state index in [1.54, 1.807) is 20.9 Å². The lowest BCUT2D eigenvalue weighted by molar-refractivity contribution is -0.154. The van der Waals surface area contributed by atoms with E-state index in [4.69, 9.17) is 14.7 Å². The number of nitrogens with one attached hydrogen (secondary N) is 1. The van der Waals surface area contributed by atoms with Gasteiger partial charge in [0.2, 0.25) is 11.8 Å². The van der Waals surface area contributed by atoms with Crippen LogP contribution in [0.15, 0.2) is 18.2 Å². The molecule has 3 aliphatic heterocycles. The number of esters is 1. The molecule has 0 aromatic heterocycles. The van der Waals surface area contributed by atoms with Gasteiger partial charge in [-0.3, -0.25) is 14.4 Å². The maximum Gasteiger partial charge on any atom is 0.417 e. The summed E-state index contributed by atoms with van der Waals surface area (Å²) in [6.45, 7) is 3.15. The molecule has 3 aliphatic rings. The monoisotopic (exact) mass is 487 g/mol. The van der Waals surface area contributed by atoms with Gasteiger partial charge in [0.15, 0.2) is 0 Å². The SMILES string of the molecule is CN[C@@H]1[C@@H](C(=O)OC)C2(C)OC1(C)[C@H]1C(=O)N(c3ccc(C#N)c(C(F)(F)F)c3)C(=O)[C@H]12.Cl. The van der Waals surface area contributed by atoms with Gasteiger partial charge in [-0.15, -0.1) is 12.4 Å². The number of alkyl halides is 3. The van der Waals surface area contributed by atoms with Crippen LogP contribution in [0.5, 0.6) is 0 Å². The first-order chi connectivity index (χ1) is 14.9. The molecule has 4 rings (SSSR count). The third-order valence-electron chi connectivity index (χ3n) is 7.00. The maximum atomic E-state index is 13.4. The number of carbonyl (C=O) groups is 3. The highest BCUT2D eigenvalue weighted by Crippen LogP contribution is 2.63. The van der Waals surface area contributed by atoms with Crippen LogP contribution in [0.2, 0.25) is 0 Å². The molecule has 2 amide bonds. The summed E-state index contributed by atoms with van der Waals surface area (Å²) in [6.07, 6.45) is -4.85. The number of nitriles is 1.